The Bertz CT molecular complexity index is 770. The minimum Gasteiger partial charge on any atom is -0.351 e. The van der Waals surface area contributed by atoms with Crippen LogP contribution in [0.5, 0.6) is 0 Å². The predicted octanol–water partition coefficient (Wildman–Crippen LogP) is 2.40. The van der Waals surface area contributed by atoms with Crippen LogP contribution in [-0.4, -0.2) is 59.9 Å². The summed E-state index contributed by atoms with van der Waals surface area (Å²) in [6.45, 7) is 2.88. The van der Waals surface area contributed by atoms with Gasteiger partial charge in [-0.05, 0) is 36.3 Å². The van der Waals surface area contributed by atoms with Crippen molar-refractivity contribution in [1.29, 1.82) is 0 Å². The van der Waals surface area contributed by atoms with E-state index in [4.69, 9.17) is 0 Å². The minimum atomic E-state index is 0.110. The van der Waals surface area contributed by atoms with Crippen molar-refractivity contribution >= 4 is 23.2 Å². The number of nitrogens with zero attached hydrogens (tertiary/aromatic N) is 2. The average molecular weight is 384 g/mol. The fourth-order valence-corrected chi connectivity index (χ4v) is 4.82. The highest BCUT2D eigenvalue weighted by Gasteiger charge is 2.33. The van der Waals surface area contributed by atoms with Crippen LogP contribution >= 0.6 is 11.3 Å². The summed E-state index contributed by atoms with van der Waals surface area (Å²) in [5, 5.41) is 5.08. The first-order chi connectivity index (χ1) is 13.2. The Morgan fingerprint density at radius 3 is 2.59 bits per heavy atom. The molecule has 27 heavy (non-hydrogen) atoms. The van der Waals surface area contributed by atoms with E-state index in [1.807, 2.05) is 40.6 Å². The Kier molecular flexibility index (Phi) is 5.55. The number of likely N-dealkylation sites (tertiary alicyclic amines) is 1. The van der Waals surface area contributed by atoms with Crippen molar-refractivity contribution in [3.05, 3.63) is 58.3 Å². The number of benzene rings is 1. The van der Waals surface area contributed by atoms with Gasteiger partial charge in [0.25, 0.3) is 5.91 Å². The van der Waals surface area contributed by atoms with Crippen molar-refractivity contribution in [3.8, 4) is 0 Å². The van der Waals surface area contributed by atoms with Crippen molar-refractivity contribution in [1.82, 2.24) is 15.1 Å². The molecule has 2 aromatic rings. The van der Waals surface area contributed by atoms with Gasteiger partial charge < -0.3 is 10.2 Å². The third-order valence-corrected chi connectivity index (χ3v) is 6.35. The zero-order chi connectivity index (χ0) is 18.6. The summed E-state index contributed by atoms with van der Waals surface area (Å²) in [5.74, 6) is 0.251. The number of thiophene rings is 1. The molecule has 142 valence electrons. The lowest BCUT2D eigenvalue weighted by atomic mass is 9.98. The maximum atomic E-state index is 12.5. The van der Waals surface area contributed by atoms with Crippen LogP contribution in [0.4, 0.5) is 0 Å². The topological polar surface area (TPSA) is 52.7 Å². The lowest BCUT2D eigenvalue weighted by Crippen LogP contribution is -2.59. The molecule has 1 N–H and O–H groups in total. The van der Waals surface area contributed by atoms with Gasteiger partial charge >= 0.3 is 0 Å². The van der Waals surface area contributed by atoms with Crippen LogP contribution in [0.15, 0.2) is 47.8 Å². The normalized spacial score (nSPS) is 21.9. The summed E-state index contributed by atoms with van der Waals surface area (Å²) in [5.41, 5.74) is 1.25. The molecular formula is C21H25N3O2S. The van der Waals surface area contributed by atoms with Crippen molar-refractivity contribution < 1.29 is 9.59 Å². The van der Waals surface area contributed by atoms with Gasteiger partial charge in [0, 0.05) is 31.7 Å². The van der Waals surface area contributed by atoms with E-state index < -0.39 is 0 Å². The Hall–Kier alpha value is -2.18. The van der Waals surface area contributed by atoms with Crippen molar-refractivity contribution in [2.75, 3.05) is 26.2 Å². The highest BCUT2D eigenvalue weighted by Crippen LogP contribution is 2.22. The number of carbonyl (C=O) groups excluding carboxylic acids is 2. The van der Waals surface area contributed by atoms with Crippen LogP contribution < -0.4 is 5.32 Å². The number of nitrogens with one attached hydrogen (secondary N) is 1. The summed E-state index contributed by atoms with van der Waals surface area (Å²) in [7, 11) is 0. The number of amides is 2. The van der Waals surface area contributed by atoms with Crippen LogP contribution in [0.2, 0.25) is 0 Å². The molecule has 2 fully saturated rings. The lowest BCUT2D eigenvalue weighted by Gasteiger charge is -2.42. The fraction of sp³-hybridized carbons (Fsp3) is 0.429. The number of hydrogen-bond acceptors (Lipinski definition) is 4. The standard InChI is InChI=1S/C21H25N3O2S/c25-20-15-24(14-17(22-20)13-16-5-2-1-3-6-16)18-8-10-23(11-9-18)21(26)19-7-4-12-27-19/h1-7,12,17-18H,8-11,13-15H2,(H,22,25)/t17-/m0/s1. The second-order valence-electron chi connectivity index (χ2n) is 7.38. The minimum absolute atomic E-state index is 0.110. The molecule has 6 heteroatoms. The first-order valence-electron chi connectivity index (χ1n) is 9.59. The number of piperazine rings is 1. The Morgan fingerprint density at radius 1 is 1.11 bits per heavy atom. The highest BCUT2D eigenvalue weighted by molar-refractivity contribution is 7.12. The predicted molar refractivity (Wildman–Crippen MR) is 107 cm³/mol. The summed E-state index contributed by atoms with van der Waals surface area (Å²) < 4.78 is 0. The molecule has 5 nitrogen and oxygen atoms in total. The third-order valence-electron chi connectivity index (χ3n) is 5.49. The smallest absolute Gasteiger partial charge is 0.263 e. The number of hydrogen-bond donors (Lipinski definition) is 1. The third kappa shape index (κ3) is 4.39. The second-order valence-corrected chi connectivity index (χ2v) is 8.33. The molecular weight excluding hydrogens is 358 g/mol. The van der Waals surface area contributed by atoms with E-state index in [1.54, 1.807) is 0 Å². The van der Waals surface area contributed by atoms with Gasteiger partial charge in [-0.2, -0.15) is 0 Å². The molecule has 3 heterocycles. The second kappa shape index (κ2) is 8.23. The molecule has 0 saturated carbocycles. The molecule has 2 aliphatic heterocycles. The van der Waals surface area contributed by atoms with Crippen LogP contribution in [-0.2, 0) is 11.2 Å². The van der Waals surface area contributed by atoms with Crippen molar-refractivity contribution in [3.63, 3.8) is 0 Å². The Labute approximate surface area is 164 Å². The van der Waals surface area contributed by atoms with E-state index in [-0.39, 0.29) is 17.9 Å². The van der Waals surface area contributed by atoms with Crippen LogP contribution in [0, 0.1) is 0 Å². The number of piperidine rings is 1. The van der Waals surface area contributed by atoms with E-state index in [0.29, 0.717) is 12.6 Å². The van der Waals surface area contributed by atoms with E-state index in [1.165, 1.54) is 16.9 Å². The van der Waals surface area contributed by atoms with E-state index in [9.17, 15) is 9.59 Å². The molecule has 0 unspecified atom stereocenters. The van der Waals surface area contributed by atoms with E-state index in [0.717, 1.165) is 43.8 Å². The van der Waals surface area contributed by atoms with Crippen molar-refractivity contribution in [2.45, 2.75) is 31.3 Å². The first kappa shape index (κ1) is 18.2. The fourth-order valence-electron chi connectivity index (χ4n) is 4.13. The molecule has 0 spiro atoms. The van der Waals surface area contributed by atoms with Crippen LogP contribution in [0.25, 0.3) is 0 Å². The van der Waals surface area contributed by atoms with Crippen LogP contribution in [0.1, 0.15) is 28.1 Å². The van der Waals surface area contributed by atoms with Crippen LogP contribution in [0.3, 0.4) is 0 Å². The molecule has 0 radical (unpaired) electrons. The monoisotopic (exact) mass is 383 g/mol. The average Bonchev–Trinajstić information content (AvgIpc) is 3.23. The maximum Gasteiger partial charge on any atom is 0.263 e. The number of carbonyl (C=O) groups is 2. The SMILES string of the molecule is O=C1CN(C2CCN(C(=O)c3cccs3)CC2)C[C@H](Cc2ccccc2)N1. The first-order valence-corrected chi connectivity index (χ1v) is 10.5. The highest BCUT2D eigenvalue weighted by atomic mass is 32.1. The summed E-state index contributed by atoms with van der Waals surface area (Å²) in [6.07, 6.45) is 2.73. The van der Waals surface area contributed by atoms with Gasteiger partial charge in [0.05, 0.1) is 11.4 Å². The van der Waals surface area contributed by atoms with Gasteiger partial charge in [0.15, 0.2) is 0 Å². The molecule has 0 aliphatic carbocycles. The van der Waals surface area contributed by atoms with Gasteiger partial charge in [-0.25, -0.2) is 0 Å². The molecule has 2 aliphatic rings. The molecule has 1 atom stereocenters. The summed E-state index contributed by atoms with van der Waals surface area (Å²) in [4.78, 5) is 29.8. The summed E-state index contributed by atoms with van der Waals surface area (Å²) in [6, 6.07) is 14.7. The van der Waals surface area contributed by atoms with Gasteiger partial charge in [-0.1, -0.05) is 36.4 Å². The molecule has 0 bridgehead atoms. The lowest BCUT2D eigenvalue weighted by molar-refractivity contribution is -0.126. The molecule has 1 aromatic heterocycles. The van der Waals surface area contributed by atoms with Gasteiger partial charge in [-0.3, -0.25) is 14.5 Å². The molecule has 4 rings (SSSR count). The maximum absolute atomic E-state index is 12.5. The molecule has 2 amide bonds. The quantitative estimate of drug-likeness (QED) is 0.882. The van der Waals surface area contributed by atoms with Crippen molar-refractivity contribution in [2.24, 2.45) is 0 Å². The zero-order valence-electron chi connectivity index (χ0n) is 15.3. The summed E-state index contributed by atoms with van der Waals surface area (Å²) >= 11 is 1.50. The van der Waals surface area contributed by atoms with E-state index >= 15 is 0 Å². The van der Waals surface area contributed by atoms with Gasteiger partial charge in [0.1, 0.15) is 0 Å². The van der Waals surface area contributed by atoms with Gasteiger partial charge in [0.2, 0.25) is 5.91 Å². The van der Waals surface area contributed by atoms with E-state index in [2.05, 4.69) is 22.3 Å². The molecule has 2 saturated heterocycles. The largest absolute Gasteiger partial charge is 0.351 e. The number of rotatable bonds is 4. The zero-order valence-corrected chi connectivity index (χ0v) is 16.2. The molecule has 1 aromatic carbocycles. The van der Waals surface area contributed by atoms with Gasteiger partial charge in [-0.15, -0.1) is 11.3 Å². The Morgan fingerprint density at radius 2 is 1.89 bits per heavy atom. The Balaban J connectivity index is 1.33.